The Morgan fingerprint density at radius 2 is 1.79 bits per heavy atom. The van der Waals surface area contributed by atoms with Gasteiger partial charge in [0.1, 0.15) is 6.61 Å². The molecule has 1 aliphatic rings. The maximum Gasteiger partial charge on any atom is 1.00 e. The summed E-state index contributed by atoms with van der Waals surface area (Å²) in [5, 5.41) is 13.8. The summed E-state index contributed by atoms with van der Waals surface area (Å²) in [4.78, 5) is 50.1. The molecule has 0 spiro atoms. The molecule has 1 aromatic heterocycles. The van der Waals surface area contributed by atoms with Gasteiger partial charge in [0, 0.05) is 29.0 Å². The summed E-state index contributed by atoms with van der Waals surface area (Å²) in [5.41, 5.74) is -1.04. The number of hydrogen-bond acceptors (Lipinski definition) is 6. The van der Waals surface area contributed by atoms with Crippen LogP contribution in [0.1, 0.15) is 42.7 Å². The van der Waals surface area contributed by atoms with E-state index in [-0.39, 0.29) is 78.0 Å². The Balaban J connectivity index is 0.00000400. The van der Waals surface area contributed by atoms with Gasteiger partial charge in [-0.1, -0.05) is 30.3 Å². The fourth-order valence-corrected chi connectivity index (χ4v) is 4.40. The molecule has 1 fully saturated rings. The number of hydrogen-bond donors (Lipinski definition) is 2. The molecule has 2 atom stereocenters. The number of carbonyl (C=O) groups is 3. The van der Waals surface area contributed by atoms with Crippen LogP contribution in [-0.2, 0) is 25.3 Å². The Bertz CT molecular complexity index is 1420. The van der Waals surface area contributed by atoms with Crippen LogP contribution in [-0.4, -0.2) is 35.5 Å². The molecular formula is C26H22F3N2NaO6. The number of aromatic nitrogens is 1. The normalized spacial score (nSPS) is 17.1. The van der Waals surface area contributed by atoms with Gasteiger partial charge in [-0.25, -0.2) is 0 Å². The number of alkyl halides is 3. The SMILES string of the molecule is O=C([O-])CCCC(=O)OCC1C[C@@H](c2ccc3cc(-c4ccccc4C(F)(F)F)[nH]c(=O)c3c2)C(=O)N1.[Na+]. The first-order chi connectivity index (χ1) is 17.5. The number of rotatable bonds is 8. The fourth-order valence-electron chi connectivity index (χ4n) is 4.40. The first-order valence-electron chi connectivity index (χ1n) is 11.5. The molecule has 2 heterocycles. The minimum Gasteiger partial charge on any atom is -0.550 e. The number of amides is 1. The van der Waals surface area contributed by atoms with E-state index >= 15 is 0 Å². The van der Waals surface area contributed by atoms with E-state index in [1.807, 2.05) is 0 Å². The number of nitrogens with one attached hydrogen (secondary N) is 2. The second-order valence-corrected chi connectivity index (χ2v) is 8.80. The largest absolute Gasteiger partial charge is 1.00 e. The molecule has 1 saturated heterocycles. The van der Waals surface area contributed by atoms with E-state index in [0.29, 0.717) is 17.4 Å². The van der Waals surface area contributed by atoms with Crippen LogP contribution in [0.25, 0.3) is 22.0 Å². The molecule has 0 bridgehead atoms. The van der Waals surface area contributed by atoms with Crippen molar-refractivity contribution in [3.63, 3.8) is 0 Å². The first kappa shape index (κ1) is 29.4. The van der Waals surface area contributed by atoms with Crippen molar-refractivity contribution in [2.24, 2.45) is 0 Å². The fraction of sp³-hybridized carbons (Fsp3) is 0.308. The maximum absolute atomic E-state index is 13.4. The van der Waals surface area contributed by atoms with E-state index in [2.05, 4.69) is 10.3 Å². The van der Waals surface area contributed by atoms with Crippen molar-refractivity contribution in [3.8, 4) is 11.3 Å². The van der Waals surface area contributed by atoms with E-state index in [1.165, 1.54) is 30.3 Å². The summed E-state index contributed by atoms with van der Waals surface area (Å²) in [5.74, 6) is -2.77. The van der Waals surface area contributed by atoms with Crippen LogP contribution >= 0.6 is 0 Å². The number of carbonyl (C=O) groups excluding carboxylic acids is 3. The van der Waals surface area contributed by atoms with Crippen molar-refractivity contribution >= 4 is 28.6 Å². The third-order valence-electron chi connectivity index (χ3n) is 6.19. The van der Waals surface area contributed by atoms with Crippen molar-refractivity contribution in [2.75, 3.05) is 6.61 Å². The predicted octanol–water partition coefficient (Wildman–Crippen LogP) is -0.347. The summed E-state index contributed by atoms with van der Waals surface area (Å²) < 4.78 is 45.4. The molecule has 12 heteroatoms. The third-order valence-corrected chi connectivity index (χ3v) is 6.19. The summed E-state index contributed by atoms with van der Waals surface area (Å²) in [7, 11) is 0. The summed E-state index contributed by atoms with van der Waals surface area (Å²) >= 11 is 0. The van der Waals surface area contributed by atoms with Gasteiger partial charge in [-0.15, -0.1) is 0 Å². The summed E-state index contributed by atoms with van der Waals surface area (Å²) in [6.07, 6.45) is -4.54. The molecule has 0 saturated carbocycles. The van der Waals surface area contributed by atoms with Crippen molar-refractivity contribution in [1.29, 1.82) is 0 Å². The molecule has 3 aromatic rings. The van der Waals surface area contributed by atoms with Gasteiger partial charge >= 0.3 is 41.7 Å². The van der Waals surface area contributed by atoms with E-state index < -0.39 is 41.2 Å². The molecule has 8 nitrogen and oxygen atoms in total. The minimum absolute atomic E-state index is 0. The molecule has 194 valence electrons. The maximum atomic E-state index is 13.4. The number of pyridine rings is 1. The zero-order valence-corrected chi connectivity index (χ0v) is 22.4. The standard InChI is InChI=1S/C26H23F3N2O6.Na/c27-26(28,29)20-5-2-1-4-17(20)21-11-15-9-8-14(10-18(15)25(36)31-21)19-12-16(30-24(19)35)13-37-23(34)7-3-6-22(32)33;/h1-2,4-5,8-11,16,19H,3,6-7,12-13H2,(H,30,35)(H,31,36)(H,32,33);/q;+1/p-1/t16?,19-;/m0./s1. The van der Waals surface area contributed by atoms with E-state index in [9.17, 15) is 37.5 Å². The zero-order valence-electron chi connectivity index (χ0n) is 20.4. The van der Waals surface area contributed by atoms with Crippen LogP contribution in [0.5, 0.6) is 0 Å². The molecule has 2 N–H and O–H groups in total. The Labute approximate surface area is 236 Å². The quantitative estimate of drug-likeness (QED) is 0.298. The molecule has 1 unspecified atom stereocenters. The topological polar surface area (TPSA) is 128 Å². The van der Waals surface area contributed by atoms with Crippen molar-refractivity contribution < 1.29 is 67.0 Å². The van der Waals surface area contributed by atoms with Gasteiger partial charge in [0.05, 0.1) is 17.5 Å². The van der Waals surface area contributed by atoms with Gasteiger partial charge in [-0.05, 0) is 48.4 Å². The molecule has 38 heavy (non-hydrogen) atoms. The minimum atomic E-state index is -4.59. The second kappa shape index (κ2) is 12.1. The number of esters is 1. The molecule has 0 aliphatic carbocycles. The van der Waals surface area contributed by atoms with Gasteiger partial charge in [0.15, 0.2) is 0 Å². The van der Waals surface area contributed by atoms with Crippen LogP contribution < -0.4 is 45.5 Å². The van der Waals surface area contributed by atoms with Crippen LogP contribution in [0.2, 0.25) is 0 Å². The van der Waals surface area contributed by atoms with Crippen LogP contribution in [0, 0.1) is 0 Å². The number of ether oxygens (including phenoxy) is 1. The summed E-state index contributed by atoms with van der Waals surface area (Å²) in [6, 6.07) is 10.7. The van der Waals surface area contributed by atoms with Crippen LogP contribution in [0.15, 0.2) is 53.3 Å². The predicted molar refractivity (Wildman–Crippen MR) is 124 cm³/mol. The van der Waals surface area contributed by atoms with Crippen LogP contribution in [0.3, 0.4) is 0 Å². The number of H-pyrrole nitrogens is 1. The van der Waals surface area contributed by atoms with Crippen LogP contribution in [0.4, 0.5) is 13.2 Å². The van der Waals surface area contributed by atoms with Gasteiger partial charge in [0.25, 0.3) is 5.56 Å². The van der Waals surface area contributed by atoms with Gasteiger partial charge in [-0.2, -0.15) is 13.2 Å². The average molecular weight is 538 g/mol. The third kappa shape index (κ3) is 6.83. The van der Waals surface area contributed by atoms with Crippen molar-refractivity contribution in [1.82, 2.24) is 10.3 Å². The molecular weight excluding hydrogens is 516 g/mol. The second-order valence-electron chi connectivity index (χ2n) is 8.80. The summed E-state index contributed by atoms with van der Waals surface area (Å²) in [6.45, 7) is -0.0808. The Morgan fingerprint density at radius 1 is 1.05 bits per heavy atom. The number of carboxylic acids is 1. The van der Waals surface area contributed by atoms with E-state index in [1.54, 1.807) is 12.1 Å². The number of halogens is 3. The molecule has 4 rings (SSSR count). The van der Waals surface area contributed by atoms with E-state index in [0.717, 1.165) is 6.07 Å². The molecule has 2 aromatic carbocycles. The zero-order chi connectivity index (χ0) is 26.7. The van der Waals surface area contributed by atoms with Gasteiger partial charge in [-0.3, -0.25) is 14.4 Å². The Kier molecular flexibility index (Phi) is 9.40. The molecule has 1 amide bonds. The number of carboxylic acid groups (broad SMARTS) is 1. The first-order valence-corrected chi connectivity index (χ1v) is 11.5. The molecule has 1 aliphatic heterocycles. The Hall–Kier alpha value is -3.15. The number of fused-ring (bicyclic) bond motifs is 1. The average Bonchev–Trinajstić information content (AvgIpc) is 3.22. The van der Waals surface area contributed by atoms with E-state index in [4.69, 9.17) is 4.74 Å². The van der Waals surface area contributed by atoms with Crippen molar-refractivity contribution in [3.05, 3.63) is 70.0 Å². The van der Waals surface area contributed by atoms with Crippen molar-refractivity contribution in [2.45, 2.75) is 43.8 Å². The van der Waals surface area contributed by atoms with Gasteiger partial charge < -0.3 is 24.9 Å². The smallest absolute Gasteiger partial charge is 0.550 e. The number of aromatic amines is 1. The Morgan fingerprint density at radius 3 is 2.50 bits per heavy atom. The molecule has 0 radical (unpaired) electrons. The number of aliphatic carboxylic acids is 1. The number of benzene rings is 2. The monoisotopic (exact) mass is 538 g/mol. The van der Waals surface area contributed by atoms with Gasteiger partial charge in [0.2, 0.25) is 5.91 Å².